The first kappa shape index (κ1) is 18.9. The van der Waals surface area contributed by atoms with Gasteiger partial charge >= 0.3 is 0 Å². The normalized spacial score (nSPS) is 19.2. The molecule has 1 fully saturated rings. The van der Waals surface area contributed by atoms with E-state index in [1.165, 1.54) is 23.3 Å². The molecule has 1 N–H and O–H groups in total. The van der Waals surface area contributed by atoms with E-state index in [-0.39, 0.29) is 5.82 Å². The van der Waals surface area contributed by atoms with Crippen molar-refractivity contribution >= 4 is 5.91 Å². The van der Waals surface area contributed by atoms with E-state index in [9.17, 15) is 9.18 Å². The molecule has 148 valence electrons. The van der Waals surface area contributed by atoms with Gasteiger partial charge in [-0.2, -0.15) is 0 Å². The number of rotatable bonds is 8. The van der Waals surface area contributed by atoms with Gasteiger partial charge < -0.3 is 15.0 Å². The first-order valence-corrected chi connectivity index (χ1v) is 10.2. The second-order valence-electron chi connectivity index (χ2n) is 7.67. The molecule has 1 saturated heterocycles. The van der Waals surface area contributed by atoms with Gasteiger partial charge in [-0.1, -0.05) is 24.3 Å². The third-order valence-electron chi connectivity index (χ3n) is 5.81. The van der Waals surface area contributed by atoms with Gasteiger partial charge in [0.15, 0.2) is 0 Å². The number of ether oxygens (including phenoxy) is 1. The number of hydrogen-bond donors (Lipinski definition) is 1. The zero-order valence-electron chi connectivity index (χ0n) is 16.1. The molecule has 1 atom stereocenters. The Hall–Kier alpha value is -2.40. The molecule has 1 amide bonds. The molecule has 4 nitrogen and oxygen atoms in total. The zero-order chi connectivity index (χ0) is 19.3. The van der Waals surface area contributed by atoms with E-state index in [4.69, 9.17) is 4.74 Å². The molecular formula is C23H27FN2O2. The Balaban J connectivity index is 1.20. The molecule has 0 saturated carbocycles. The molecule has 4 rings (SSSR count). The van der Waals surface area contributed by atoms with E-state index < -0.39 is 0 Å². The number of fused-ring (bicyclic) bond motifs is 1. The van der Waals surface area contributed by atoms with Crippen molar-refractivity contribution in [3.8, 4) is 5.75 Å². The fourth-order valence-electron chi connectivity index (χ4n) is 4.44. The quantitative estimate of drug-likeness (QED) is 0.712. The lowest BCUT2D eigenvalue weighted by Crippen LogP contribution is -2.43. The van der Waals surface area contributed by atoms with Gasteiger partial charge in [0, 0.05) is 25.0 Å². The van der Waals surface area contributed by atoms with E-state index in [1.54, 1.807) is 12.1 Å². The summed E-state index contributed by atoms with van der Waals surface area (Å²) in [6, 6.07) is 15.3. The van der Waals surface area contributed by atoms with Crippen LogP contribution < -0.4 is 10.1 Å². The Morgan fingerprint density at radius 2 is 1.75 bits per heavy atom. The predicted octanol–water partition coefficient (Wildman–Crippen LogP) is 3.34. The minimum absolute atomic E-state index is 0.258. The molecule has 2 aromatic rings. The van der Waals surface area contributed by atoms with E-state index in [1.807, 2.05) is 0 Å². The van der Waals surface area contributed by atoms with Gasteiger partial charge in [0.1, 0.15) is 18.2 Å². The number of halogens is 1. The van der Waals surface area contributed by atoms with E-state index in [0.717, 1.165) is 38.8 Å². The molecule has 28 heavy (non-hydrogen) atoms. The highest BCUT2D eigenvalue weighted by Crippen LogP contribution is 2.32. The Morgan fingerprint density at radius 1 is 1.04 bits per heavy atom. The number of nitrogens with zero attached hydrogens (tertiary/aromatic N) is 1. The minimum Gasteiger partial charge on any atom is -0.492 e. The molecule has 1 aliphatic heterocycles. The van der Waals surface area contributed by atoms with Crippen molar-refractivity contribution in [2.75, 3.05) is 19.7 Å². The number of carbonyl (C=O) groups is 1. The van der Waals surface area contributed by atoms with Crippen molar-refractivity contribution in [1.82, 2.24) is 10.2 Å². The van der Waals surface area contributed by atoms with Crippen LogP contribution in [-0.2, 0) is 17.6 Å². The summed E-state index contributed by atoms with van der Waals surface area (Å²) in [4.78, 5) is 14.7. The van der Waals surface area contributed by atoms with Crippen LogP contribution >= 0.6 is 0 Å². The average Bonchev–Trinajstić information content (AvgIpc) is 3.28. The summed E-state index contributed by atoms with van der Waals surface area (Å²) >= 11 is 0. The zero-order valence-corrected chi connectivity index (χ0v) is 16.1. The lowest BCUT2D eigenvalue weighted by molar-refractivity contribution is -0.131. The summed E-state index contributed by atoms with van der Waals surface area (Å²) in [6.45, 7) is 2.13. The van der Waals surface area contributed by atoms with Crippen molar-refractivity contribution in [3.63, 3.8) is 0 Å². The maximum absolute atomic E-state index is 12.9. The molecule has 0 aromatic heterocycles. The maximum Gasteiger partial charge on any atom is 0.223 e. The van der Waals surface area contributed by atoms with Crippen molar-refractivity contribution in [1.29, 1.82) is 0 Å². The Labute approximate surface area is 165 Å². The second-order valence-corrected chi connectivity index (χ2v) is 7.67. The summed E-state index contributed by atoms with van der Waals surface area (Å²) in [7, 11) is 0. The van der Waals surface area contributed by atoms with Gasteiger partial charge in [-0.05, 0) is 67.6 Å². The maximum atomic E-state index is 12.9. The Kier molecular flexibility index (Phi) is 5.91. The number of benzene rings is 2. The summed E-state index contributed by atoms with van der Waals surface area (Å²) < 4.78 is 18.5. The second kappa shape index (κ2) is 8.74. The third kappa shape index (κ3) is 4.36. The van der Waals surface area contributed by atoms with Crippen LogP contribution in [0.1, 0.15) is 30.4 Å². The molecule has 1 unspecified atom stereocenters. The third-order valence-corrected chi connectivity index (χ3v) is 5.81. The molecule has 1 heterocycles. The summed E-state index contributed by atoms with van der Waals surface area (Å²) in [5.74, 6) is 0.727. The predicted molar refractivity (Wildman–Crippen MR) is 107 cm³/mol. The van der Waals surface area contributed by atoms with Crippen LogP contribution in [0.25, 0.3) is 0 Å². The fraction of sp³-hybridized carbons (Fsp3) is 0.435. The lowest BCUT2D eigenvalue weighted by atomic mass is 10.1. The van der Waals surface area contributed by atoms with Crippen LogP contribution in [0.15, 0.2) is 48.5 Å². The minimum atomic E-state index is -0.258. The first-order chi connectivity index (χ1) is 13.7. The topological polar surface area (TPSA) is 41.6 Å². The van der Waals surface area contributed by atoms with E-state index >= 15 is 0 Å². The van der Waals surface area contributed by atoms with E-state index in [0.29, 0.717) is 36.8 Å². The standard InChI is InChI=1S/C23H27FN2O2/c24-19-5-8-22(9-6-19)28-14-13-25-12-11-20-7-10-23(27)26(20)21-15-17-3-1-2-4-18(17)16-21/h1-6,8-9,20-21,25H,7,10-16H2. The Bertz CT molecular complexity index is 784. The van der Waals surface area contributed by atoms with Crippen LogP contribution in [0.5, 0.6) is 5.75 Å². The van der Waals surface area contributed by atoms with Crippen LogP contribution in [0.4, 0.5) is 4.39 Å². The highest BCUT2D eigenvalue weighted by atomic mass is 19.1. The number of hydrogen-bond acceptors (Lipinski definition) is 3. The number of likely N-dealkylation sites (tertiary alicyclic amines) is 1. The first-order valence-electron chi connectivity index (χ1n) is 10.2. The largest absolute Gasteiger partial charge is 0.492 e. The number of carbonyl (C=O) groups excluding carboxylic acids is 1. The molecule has 0 spiro atoms. The summed E-state index contributed by atoms with van der Waals surface area (Å²) in [5.41, 5.74) is 2.78. The van der Waals surface area contributed by atoms with Crippen LogP contribution in [-0.4, -0.2) is 42.6 Å². The highest BCUT2D eigenvalue weighted by Gasteiger charge is 2.38. The smallest absolute Gasteiger partial charge is 0.223 e. The van der Waals surface area contributed by atoms with Gasteiger partial charge in [0.25, 0.3) is 0 Å². The molecule has 0 radical (unpaired) electrons. The number of amides is 1. The summed E-state index contributed by atoms with van der Waals surface area (Å²) in [6.07, 6.45) is 4.56. The molecular weight excluding hydrogens is 355 g/mol. The number of nitrogens with one attached hydrogen (secondary N) is 1. The average molecular weight is 382 g/mol. The van der Waals surface area contributed by atoms with Crippen LogP contribution in [0.3, 0.4) is 0 Å². The van der Waals surface area contributed by atoms with Gasteiger partial charge in [-0.25, -0.2) is 4.39 Å². The van der Waals surface area contributed by atoms with Gasteiger partial charge in [0.05, 0.1) is 0 Å². The highest BCUT2D eigenvalue weighted by molar-refractivity contribution is 5.79. The monoisotopic (exact) mass is 382 g/mol. The van der Waals surface area contributed by atoms with Crippen molar-refractivity contribution < 1.29 is 13.9 Å². The van der Waals surface area contributed by atoms with Crippen molar-refractivity contribution in [3.05, 3.63) is 65.5 Å². The molecule has 2 aliphatic rings. The fourth-order valence-corrected chi connectivity index (χ4v) is 4.44. The Morgan fingerprint density at radius 3 is 2.46 bits per heavy atom. The van der Waals surface area contributed by atoms with Crippen molar-refractivity contribution in [2.24, 2.45) is 0 Å². The van der Waals surface area contributed by atoms with Crippen molar-refractivity contribution in [2.45, 2.75) is 44.2 Å². The summed E-state index contributed by atoms with van der Waals surface area (Å²) in [5, 5.41) is 3.40. The lowest BCUT2D eigenvalue weighted by Gasteiger charge is -2.31. The van der Waals surface area contributed by atoms with Gasteiger partial charge in [-0.3, -0.25) is 4.79 Å². The molecule has 1 aliphatic carbocycles. The molecule has 0 bridgehead atoms. The van der Waals surface area contributed by atoms with Gasteiger partial charge in [-0.15, -0.1) is 0 Å². The van der Waals surface area contributed by atoms with Crippen LogP contribution in [0.2, 0.25) is 0 Å². The molecule has 5 heteroatoms. The van der Waals surface area contributed by atoms with Crippen LogP contribution in [0, 0.1) is 5.82 Å². The molecule has 2 aromatic carbocycles. The SMILES string of the molecule is O=C1CCC(CCNCCOc2ccc(F)cc2)N1C1Cc2ccccc2C1. The van der Waals surface area contributed by atoms with Gasteiger partial charge in [0.2, 0.25) is 5.91 Å². The van der Waals surface area contributed by atoms with E-state index in [2.05, 4.69) is 34.5 Å².